The standard InChI is InChI=1S/C22H27N3O2/c1-24(2)20-10-7-18(8-11-20)9-12-22(26)23-17-19-5-3-4-6-21(19)25-13-15-27-16-14-25/h3-12H,13-17H2,1-2H3,(H,23,26)/b12-9+. The molecule has 142 valence electrons. The van der Waals surface area contributed by atoms with E-state index in [0.29, 0.717) is 6.54 Å². The molecule has 5 heteroatoms. The molecular formula is C22H27N3O2. The van der Waals surface area contributed by atoms with Crippen LogP contribution in [0.25, 0.3) is 6.08 Å². The first-order valence-electron chi connectivity index (χ1n) is 9.27. The minimum Gasteiger partial charge on any atom is -0.378 e. The Labute approximate surface area is 161 Å². The Morgan fingerprint density at radius 3 is 2.52 bits per heavy atom. The van der Waals surface area contributed by atoms with Gasteiger partial charge in [0.1, 0.15) is 0 Å². The van der Waals surface area contributed by atoms with Crippen molar-refractivity contribution in [1.29, 1.82) is 0 Å². The molecule has 0 radical (unpaired) electrons. The highest BCUT2D eigenvalue weighted by molar-refractivity contribution is 5.91. The van der Waals surface area contributed by atoms with E-state index in [1.165, 1.54) is 5.69 Å². The van der Waals surface area contributed by atoms with Crippen molar-refractivity contribution in [2.75, 3.05) is 50.2 Å². The highest BCUT2D eigenvalue weighted by Crippen LogP contribution is 2.21. The first-order chi connectivity index (χ1) is 13.1. The van der Waals surface area contributed by atoms with Crippen molar-refractivity contribution in [1.82, 2.24) is 5.32 Å². The smallest absolute Gasteiger partial charge is 0.244 e. The summed E-state index contributed by atoms with van der Waals surface area (Å²) in [6.07, 6.45) is 3.42. The number of nitrogens with one attached hydrogen (secondary N) is 1. The molecule has 1 amide bonds. The lowest BCUT2D eigenvalue weighted by Crippen LogP contribution is -2.37. The summed E-state index contributed by atoms with van der Waals surface area (Å²) in [6, 6.07) is 16.3. The average Bonchev–Trinajstić information content (AvgIpc) is 2.72. The molecule has 0 aromatic heterocycles. The Morgan fingerprint density at radius 1 is 1.11 bits per heavy atom. The fourth-order valence-corrected chi connectivity index (χ4v) is 3.07. The molecule has 1 aliphatic heterocycles. The Hall–Kier alpha value is -2.79. The van der Waals surface area contributed by atoms with Gasteiger partial charge in [-0.25, -0.2) is 0 Å². The lowest BCUT2D eigenvalue weighted by Gasteiger charge is -2.30. The number of para-hydroxylation sites is 1. The molecule has 5 nitrogen and oxygen atoms in total. The van der Waals surface area contributed by atoms with Gasteiger partial charge in [0.15, 0.2) is 0 Å². The highest BCUT2D eigenvalue weighted by atomic mass is 16.5. The van der Waals surface area contributed by atoms with Crippen LogP contribution in [0, 0.1) is 0 Å². The van der Waals surface area contributed by atoms with Crippen LogP contribution in [0.2, 0.25) is 0 Å². The van der Waals surface area contributed by atoms with E-state index in [9.17, 15) is 4.79 Å². The Bertz CT molecular complexity index is 778. The number of benzene rings is 2. The summed E-state index contributed by atoms with van der Waals surface area (Å²) in [5.74, 6) is -0.0940. The minimum absolute atomic E-state index is 0.0940. The largest absolute Gasteiger partial charge is 0.378 e. The quantitative estimate of drug-likeness (QED) is 0.800. The number of rotatable bonds is 6. The zero-order valence-electron chi connectivity index (χ0n) is 16.0. The van der Waals surface area contributed by atoms with E-state index in [0.717, 1.165) is 43.1 Å². The number of morpholine rings is 1. The van der Waals surface area contributed by atoms with Crippen molar-refractivity contribution in [3.05, 3.63) is 65.7 Å². The van der Waals surface area contributed by atoms with Gasteiger partial charge in [-0.15, -0.1) is 0 Å². The fourth-order valence-electron chi connectivity index (χ4n) is 3.07. The van der Waals surface area contributed by atoms with Crippen molar-refractivity contribution in [3.8, 4) is 0 Å². The summed E-state index contributed by atoms with van der Waals surface area (Å²) in [4.78, 5) is 16.6. The molecule has 0 unspecified atom stereocenters. The second kappa shape index (κ2) is 9.24. The van der Waals surface area contributed by atoms with E-state index in [2.05, 4.69) is 22.3 Å². The van der Waals surface area contributed by atoms with E-state index in [1.54, 1.807) is 6.08 Å². The summed E-state index contributed by atoms with van der Waals surface area (Å²) >= 11 is 0. The van der Waals surface area contributed by atoms with Gasteiger partial charge < -0.3 is 19.9 Å². The summed E-state index contributed by atoms with van der Waals surface area (Å²) in [6.45, 7) is 3.77. The van der Waals surface area contributed by atoms with Crippen molar-refractivity contribution in [2.45, 2.75) is 6.54 Å². The van der Waals surface area contributed by atoms with Crippen molar-refractivity contribution >= 4 is 23.4 Å². The summed E-state index contributed by atoms with van der Waals surface area (Å²) in [7, 11) is 4.01. The predicted molar refractivity (Wildman–Crippen MR) is 111 cm³/mol. The van der Waals surface area contributed by atoms with Gasteiger partial charge in [0.25, 0.3) is 0 Å². The van der Waals surface area contributed by atoms with Crippen molar-refractivity contribution in [2.24, 2.45) is 0 Å². The molecule has 1 saturated heterocycles. The number of amides is 1. The van der Waals surface area contributed by atoms with Crippen LogP contribution >= 0.6 is 0 Å². The van der Waals surface area contributed by atoms with Crippen LogP contribution in [0.15, 0.2) is 54.6 Å². The molecule has 0 saturated carbocycles. The molecule has 0 spiro atoms. The fraction of sp³-hybridized carbons (Fsp3) is 0.318. The van der Waals surface area contributed by atoms with Gasteiger partial charge in [0, 0.05) is 51.2 Å². The molecule has 1 fully saturated rings. The number of hydrogen-bond donors (Lipinski definition) is 1. The maximum atomic E-state index is 12.2. The SMILES string of the molecule is CN(C)c1ccc(/C=C/C(=O)NCc2ccccc2N2CCOCC2)cc1. The molecule has 0 bridgehead atoms. The molecule has 1 aliphatic rings. The number of hydrogen-bond acceptors (Lipinski definition) is 4. The van der Waals surface area contributed by atoms with Crippen molar-refractivity contribution in [3.63, 3.8) is 0 Å². The third-order valence-corrected chi connectivity index (χ3v) is 4.63. The number of anilines is 2. The monoisotopic (exact) mass is 365 g/mol. The molecule has 0 aliphatic carbocycles. The summed E-state index contributed by atoms with van der Waals surface area (Å²) in [5.41, 5.74) is 4.43. The number of nitrogens with zero attached hydrogens (tertiary/aromatic N) is 2. The Balaban J connectivity index is 1.57. The second-order valence-corrected chi connectivity index (χ2v) is 6.77. The van der Waals surface area contributed by atoms with Crippen molar-refractivity contribution < 1.29 is 9.53 Å². The van der Waals surface area contributed by atoms with E-state index in [4.69, 9.17) is 4.74 Å². The van der Waals surface area contributed by atoms with E-state index < -0.39 is 0 Å². The third kappa shape index (κ3) is 5.34. The maximum Gasteiger partial charge on any atom is 0.244 e. The van der Waals surface area contributed by atoms with E-state index in [-0.39, 0.29) is 5.91 Å². The zero-order chi connectivity index (χ0) is 19.1. The first-order valence-corrected chi connectivity index (χ1v) is 9.27. The molecule has 3 rings (SSSR count). The highest BCUT2D eigenvalue weighted by Gasteiger charge is 2.14. The molecule has 27 heavy (non-hydrogen) atoms. The number of carbonyl (C=O) groups is 1. The van der Waals surface area contributed by atoms with Crippen LogP contribution in [0.4, 0.5) is 11.4 Å². The number of ether oxygens (including phenoxy) is 1. The Kier molecular flexibility index (Phi) is 6.49. The van der Waals surface area contributed by atoms with Crippen LogP contribution in [0.3, 0.4) is 0 Å². The molecular weight excluding hydrogens is 338 g/mol. The molecule has 1 N–H and O–H groups in total. The minimum atomic E-state index is -0.0940. The average molecular weight is 365 g/mol. The van der Waals surface area contributed by atoms with Crippen LogP contribution in [0.1, 0.15) is 11.1 Å². The van der Waals surface area contributed by atoms with Crippen LogP contribution in [-0.4, -0.2) is 46.3 Å². The first kappa shape index (κ1) is 19.0. The lowest BCUT2D eigenvalue weighted by molar-refractivity contribution is -0.116. The molecule has 0 atom stereocenters. The van der Waals surface area contributed by atoms with E-state index in [1.807, 2.05) is 61.5 Å². The van der Waals surface area contributed by atoms with Crippen LogP contribution in [-0.2, 0) is 16.1 Å². The Morgan fingerprint density at radius 2 is 1.81 bits per heavy atom. The van der Waals surface area contributed by atoms with Gasteiger partial charge in [-0.2, -0.15) is 0 Å². The lowest BCUT2D eigenvalue weighted by atomic mass is 10.1. The van der Waals surface area contributed by atoms with Crippen LogP contribution < -0.4 is 15.1 Å². The maximum absolute atomic E-state index is 12.2. The molecule has 2 aromatic rings. The number of carbonyl (C=O) groups excluding carboxylic acids is 1. The summed E-state index contributed by atoms with van der Waals surface area (Å²) < 4.78 is 5.43. The summed E-state index contributed by atoms with van der Waals surface area (Å²) in [5, 5.41) is 2.99. The zero-order valence-corrected chi connectivity index (χ0v) is 16.0. The van der Waals surface area contributed by atoms with Gasteiger partial charge in [0.2, 0.25) is 5.91 Å². The normalized spacial score (nSPS) is 14.4. The van der Waals surface area contributed by atoms with Gasteiger partial charge in [0.05, 0.1) is 13.2 Å². The third-order valence-electron chi connectivity index (χ3n) is 4.63. The van der Waals surface area contributed by atoms with E-state index >= 15 is 0 Å². The molecule has 1 heterocycles. The van der Waals surface area contributed by atoms with Gasteiger partial charge >= 0.3 is 0 Å². The molecule has 2 aromatic carbocycles. The second-order valence-electron chi connectivity index (χ2n) is 6.77. The van der Waals surface area contributed by atoms with Gasteiger partial charge in [-0.3, -0.25) is 4.79 Å². The van der Waals surface area contributed by atoms with Gasteiger partial charge in [-0.1, -0.05) is 30.3 Å². The topological polar surface area (TPSA) is 44.8 Å². The van der Waals surface area contributed by atoms with Crippen LogP contribution in [0.5, 0.6) is 0 Å². The predicted octanol–water partition coefficient (Wildman–Crippen LogP) is 2.92. The van der Waals surface area contributed by atoms with Gasteiger partial charge in [-0.05, 0) is 35.4 Å².